The molecule has 1 unspecified atom stereocenters. The number of nitriles is 1. The van der Waals surface area contributed by atoms with Crippen molar-refractivity contribution >= 4 is 5.78 Å². The maximum absolute atomic E-state index is 12.3. The summed E-state index contributed by atoms with van der Waals surface area (Å²) in [6, 6.07) is 7.76. The van der Waals surface area contributed by atoms with Gasteiger partial charge in [0.1, 0.15) is 11.7 Å². The van der Waals surface area contributed by atoms with E-state index in [1.165, 1.54) is 12.8 Å². The molecule has 1 rings (SSSR count). The average Bonchev–Trinajstić information content (AvgIpc) is 2.48. The molecule has 0 saturated carbocycles. The SMILES string of the molecule is CCCCCCCC(=O)C(C#N)c1cc(C)ccc1OC. The quantitative estimate of drug-likeness (QED) is 0.626. The first-order valence-electron chi connectivity index (χ1n) is 7.70. The summed E-state index contributed by atoms with van der Waals surface area (Å²) in [5, 5.41) is 9.38. The second-order valence-corrected chi connectivity index (χ2v) is 5.44. The summed E-state index contributed by atoms with van der Waals surface area (Å²) in [5.41, 5.74) is 1.72. The third-order valence-electron chi connectivity index (χ3n) is 3.67. The molecule has 0 aliphatic heterocycles. The lowest BCUT2D eigenvalue weighted by atomic mass is 9.91. The highest BCUT2D eigenvalue weighted by molar-refractivity contribution is 5.89. The van der Waals surface area contributed by atoms with Crippen LogP contribution < -0.4 is 4.74 Å². The lowest BCUT2D eigenvalue weighted by Gasteiger charge is -2.13. The number of hydrogen-bond donors (Lipinski definition) is 0. The van der Waals surface area contributed by atoms with Crippen LogP contribution >= 0.6 is 0 Å². The lowest BCUT2D eigenvalue weighted by molar-refractivity contribution is -0.119. The number of ether oxygens (including phenoxy) is 1. The number of hydrogen-bond acceptors (Lipinski definition) is 3. The van der Waals surface area contributed by atoms with Gasteiger partial charge in [-0.2, -0.15) is 5.26 Å². The lowest BCUT2D eigenvalue weighted by Crippen LogP contribution is -2.12. The van der Waals surface area contributed by atoms with Gasteiger partial charge in [0.2, 0.25) is 0 Å². The fraction of sp³-hybridized carbons (Fsp3) is 0.556. The van der Waals surface area contributed by atoms with Gasteiger partial charge in [0.15, 0.2) is 5.78 Å². The van der Waals surface area contributed by atoms with E-state index in [4.69, 9.17) is 4.74 Å². The molecule has 114 valence electrons. The van der Waals surface area contributed by atoms with Crippen LogP contribution in [0.15, 0.2) is 18.2 Å². The predicted octanol–water partition coefficient (Wildman–Crippen LogP) is 4.54. The molecule has 1 aromatic rings. The Bertz CT molecular complexity index is 502. The maximum atomic E-state index is 12.3. The topological polar surface area (TPSA) is 50.1 Å². The normalized spacial score (nSPS) is 11.7. The van der Waals surface area contributed by atoms with Crippen LogP contribution in [0.1, 0.15) is 62.5 Å². The molecule has 3 heteroatoms. The molecule has 0 saturated heterocycles. The van der Waals surface area contributed by atoms with Crippen LogP contribution in [0, 0.1) is 18.3 Å². The molecular formula is C18H25NO2. The van der Waals surface area contributed by atoms with E-state index in [9.17, 15) is 10.1 Å². The first-order valence-corrected chi connectivity index (χ1v) is 7.70. The van der Waals surface area contributed by atoms with E-state index in [0.29, 0.717) is 17.7 Å². The zero-order chi connectivity index (χ0) is 15.7. The van der Waals surface area contributed by atoms with Crippen molar-refractivity contribution in [2.24, 2.45) is 0 Å². The number of nitrogens with zero attached hydrogens (tertiary/aromatic N) is 1. The van der Waals surface area contributed by atoms with Crippen LogP contribution in [-0.4, -0.2) is 12.9 Å². The highest BCUT2D eigenvalue weighted by Gasteiger charge is 2.23. The third-order valence-corrected chi connectivity index (χ3v) is 3.67. The molecule has 0 heterocycles. The number of aryl methyl sites for hydroxylation is 1. The number of benzene rings is 1. The van der Waals surface area contributed by atoms with E-state index >= 15 is 0 Å². The molecule has 0 amide bonds. The molecule has 0 radical (unpaired) electrons. The van der Waals surface area contributed by atoms with Crippen molar-refractivity contribution in [2.45, 2.75) is 58.3 Å². The highest BCUT2D eigenvalue weighted by atomic mass is 16.5. The molecule has 0 bridgehead atoms. The Balaban J connectivity index is 2.72. The zero-order valence-corrected chi connectivity index (χ0v) is 13.3. The van der Waals surface area contributed by atoms with Crippen LogP contribution in [0.5, 0.6) is 5.75 Å². The zero-order valence-electron chi connectivity index (χ0n) is 13.3. The Morgan fingerprint density at radius 2 is 2.00 bits per heavy atom. The van der Waals surface area contributed by atoms with Crippen LogP contribution in [0.4, 0.5) is 0 Å². The van der Waals surface area contributed by atoms with Gasteiger partial charge in [0.05, 0.1) is 13.2 Å². The number of rotatable bonds is 9. The van der Waals surface area contributed by atoms with E-state index in [1.54, 1.807) is 7.11 Å². The summed E-state index contributed by atoms with van der Waals surface area (Å²) >= 11 is 0. The van der Waals surface area contributed by atoms with Gasteiger partial charge in [-0.25, -0.2) is 0 Å². The molecule has 0 fully saturated rings. The van der Waals surface area contributed by atoms with Crippen molar-refractivity contribution in [1.82, 2.24) is 0 Å². The van der Waals surface area contributed by atoms with E-state index in [2.05, 4.69) is 13.0 Å². The molecule has 0 aromatic heterocycles. The summed E-state index contributed by atoms with van der Waals surface area (Å²) in [6.45, 7) is 4.12. The van der Waals surface area contributed by atoms with Crippen molar-refractivity contribution < 1.29 is 9.53 Å². The van der Waals surface area contributed by atoms with Crippen LogP contribution in [0.3, 0.4) is 0 Å². The Morgan fingerprint density at radius 3 is 2.62 bits per heavy atom. The number of ketones is 1. The minimum atomic E-state index is -0.717. The van der Waals surface area contributed by atoms with Crippen LogP contribution in [-0.2, 0) is 4.79 Å². The van der Waals surface area contributed by atoms with Gasteiger partial charge in [0.25, 0.3) is 0 Å². The summed E-state index contributed by atoms with van der Waals surface area (Å²) < 4.78 is 5.29. The number of methoxy groups -OCH3 is 1. The highest BCUT2D eigenvalue weighted by Crippen LogP contribution is 2.29. The average molecular weight is 287 g/mol. The second-order valence-electron chi connectivity index (χ2n) is 5.44. The van der Waals surface area contributed by atoms with E-state index in [1.807, 2.05) is 25.1 Å². The minimum absolute atomic E-state index is 0.00195. The molecular weight excluding hydrogens is 262 g/mol. The number of carbonyl (C=O) groups excluding carboxylic acids is 1. The van der Waals surface area contributed by atoms with E-state index in [0.717, 1.165) is 24.8 Å². The van der Waals surface area contributed by atoms with Crippen LogP contribution in [0.25, 0.3) is 0 Å². The van der Waals surface area contributed by atoms with Gasteiger partial charge in [-0.05, 0) is 19.4 Å². The monoisotopic (exact) mass is 287 g/mol. The predicted molar refractivity (Wildman–Crippen MR) is 84.5 cm³/mol. The number of unbranched alkanes of at least 4 members (excludes halogenated alkanes) is 4. The van der Waals surface area contributed by atoms with E-state index < -0.39 is 5.92 Å². The molecule has 3 nitrogen and oxygen atoms in total. The van der Waals surface area contributed by atoms with Crippen molar-refractivity contribution in [3.8, 4) is 11.8 Å². The third kappa shape index (κ3) is 5.23. The summed E-state index contributed by atoms with van der Waals surface area (Å²) in [7, 11) is 1.57. The fourth-order valence-corrected chi connectivity index (χ4v) is 2.44. The molecule has 0 aliphatic carbocycles. The summed E-state index contributed by atoms with van der Waals surface area (Å²) in [6.07, 6.45) is 5.96. The molecule has 21 heavy (non-hydrogen) atoms. The van der Waals surface area contributed by atoms with Crippen molar-refractivity contribution in [3.05, 3.63) is 29.3 Å². The molecule has 1 atom stereocenters. The van der Waals surface area contributed by atoms with Gasteiger partial charge in [0, 0.05) is 12.0 Å². The standard InChI is InChI=1S/C18H25NO2/c1-4-5-6-7-8-9-17(20)16(13-19)15-12-14(2)10-11-18(15)21-3/h10-12,16H,4-9H2,1-3H3. The molecule has 0 spiro atoms. The van der Waals surface area contributed by atoms with Crippen molar-refractivity contribution in [1.29, 1.82) is 5.26 Å². The van der Waals surface area contributed by atoms with Crippen molar-refractivity contribution in [3.63, 3.8) is 0 Å². The first-order chi connectivity index (χ1) is 10.1. The Hall–Kier alpha value is -1.82. The molecule has 0 aliphatic rings. The fourth-order valence-electron chi connectivity index (χ4n) is 2.44. The van der Waals surface area contributed by atoms with Crippen LogP contribution in [0.2, 0.25) is 0 Å². The number of carbonyl (C=O) groups is 1. The minimum Gasteiger partial charge on any atom is -0.496 e. The van der Waals surface area contributed by atoms with Gasteiger partial charge in [-0.15, -0.1) is 0 Å². The van der Waals surface area contributed by atoms with Crippen molar-refractivity contribution in [2.75, 3.05) is 7.11 Å². The molecule has 1 aromatic carbocycles. The molecule has 0 N–H and O–H groups in total. The Labute approximate surface area is 127 Å². The first kappa shape index (κ1) is 17.2. The smallest absolute Gasteiger partial charge is 0.154 e. The second kappa shape index (κ2) is 9.18. The summed E-state index contributed by atoms with van der Waals surface area (Å²) in [4.78, 5) is 12.3. The maximum Gasteiger partial charge on any atom is 0.154 e. The van der Waals surface area contributed by atoms with Gasteiger partial charge < -0.3 is 4.74 Å². The van der Waals surface area contributed by atoms with Gasteiger partial charge in [-0.1, -0.05) is 50.3 Å². The Morgan fingerprint density at radius 1 is 1.29 bits per heavy atom. The Kier molecular flexibility index (Phi) is 7.53. The summed E-state index contributed by atoms with van der Waals surface area (Å²) in [5.74, 6) is -0.101. The largest absolute Gasteiger partial charge is 0.496 e. The van der Waals surface area contributed by atoms with Gasteiger partial charge in [-0.3, -0.25) is 4.79 Å². The number of Topliss-reactive ketones (excluding diaryl/α,β-unsaturated/α-hetero) is 1. The van der Waals surface area contributed by atoms with E-state index in [-0.39, 0.29) is 5.78 Å². The van der Waals surface area contributed by atoms with Gasteiger partial charge >= 0.3 is 0 Å².